The van der Waals surface area contributed by atoms with Crippen LogP contribution in [-0.2, 0) is 0 Å². The molecule has 0 aliphatic heterocycles. The largest absolute Gasteiger partial charge is 0.129 e. The maximum atomic E-state index is 2.88. The fourth-order valence-corrected chi connectivity index (χ4v) is 1.93. The lowest BCUT2D eigenvalue weighted by Crippen LogP contribution is -1.95. The van der Waals surface area contributed by atoms with Crippen LogP contribution in [0.5, 0.6) is 0 Å². The summed E-state index contributed by atoms with van der Waals surface area (Å²) >= 11 is 0. The summed E-state index contributed by atoms with van der Waals surface area (Å²) in [6, 6.07) is 8.57. The molecule has 11 heavy (non-hydrogen) atoms. The zero-order valence-corrected chi connectivity index (χ0v) is 7.48. The highest BCUT2D eigenvalue weighted by Crippen LogP contribution is 2.33. The topological polar surface area (TPSA) is 0 Å². The Morgan fingerprint density at radius 1 is 1.27 bits per heavy atom. The van der Waals surface area contributed by atoms with Crippen molar-refractivity contribution in [2.45, 2.75) is 12.1 Å². The first kappa shape index (κ1) is 7.06. The predicted octanol–water partition coefficient (Wildman–Crippen LogP) is 3.02. The minimum absolute atomic E-state index is 0.621. The van der Waals surface area contributed by atoms with Crippen LogP contribution < -0.4 is 0 Å². The third-order valence-electron chi connectivity index (χ3n) is 2.08. The summed E-state index contributed by atoms with van der Waals surface area (Å²) in [5.41, 5.74) is 3.45. The molecule has 0 fully saturated rings. The SMILES string of the molecule is PC1CC=Cc2ccccc21. The standard InChI is InChI=1S/C10H11P/c11-10-7-3-5-8-4-1-2-6-9(8)10/h1-6,10H,7,11H2. The third kappa shape index (κ3) is 1.23. The number of hydrogen-bond donors (Lipinski definition) is 0. The van der Waals surface area contributed by atoms with E-state index in [9.17, 15) is 0 Å². The van der Waals surface area contributed by atoms with Gasteiger partial charge in [0.25, 0.3) is 0 Å². The minimum Gasteiger partial charge on any atom is -0.129 e. The Kier molecular flexibility index (Phi) is 1.79. The zero-order chi connectivity index (χ0) is 7.68. The normalized spacial score (nSPS) is 21.4. The Labute approximate surface area is 69.5 Å². The first-order valence-electron chi connectivity index (χ1n) is 3.89. The Morgan fingerprint density at radius 3 is 2.91 bits per heavy atom. The van der Waals surface area contributed by atoms with Crippen LogP contribution in [-0.4, -0.2) is 0 Å². The van der Waals surface area contributed by atoms with E-state index in [0.29, 0.717) is 5.66 Å². The molecule has 0 amide bonds. The fourth-order valence-electron chi connectivity index (χ4n) is 1.47. The molecule has 0 N–H and O–H groups in total. The van der Waals surface area contributed by atoms with Gasteiger partial charge < -0.3 is 0 Å². The second kappa shape index (κ2) is 2.79. The molecule has 0 saturated heterocycles. The van der Waals surface area contributed by atoms with E-state index in [2.05, 4.69) is 45.7 Å². The predicted molar refractivity (Wildman–Crippen MR) is 52.5 cm³/mol. The van der Waals surface area contributed by atoms with E-state index in [1.807, 2.05) is 0 Å². The van der Waals surface area contributed by atoms with Gasteiger partial charge in [0.15, 0.2) is 0 Å². The van der Waals surface area contributed by atoms with Gasteiger partial charge in [0.1, 0.15) is 0 Å². The van der Waals surface area contributed by atoms with Gasteiger partial charge in [-0.1, -0.05) is 36.4 Å². The fraction of sp³-hybridized carbons (Fsp3) is 0.200. The molecule has 1 aromatic rings. The lowest BCUT2D eigenvalue weighted by molar-refractivity contribution is 0.957. The molecule has 0 saturated carbocycles. The Hall–Kier alpha value is -0.610. The molecule has 2 atom stereocenters. The monoisotopic (exact) mass is 162 g/mol. The molecule has 1 aromatic carbocycles. The maximum Gasteiger partial charge on any atom is 0.00258 e. The molecule has 0 bridgehead atoms. The third-order valence-corrected chi connectivity index (χ3v) is 2.71. The minimum atomic E-state index is 0.621. The van der Waals surface area contributed by atoms with Crippen molar-refractivity contribution in [3.63, 3.8) is 0 Å². The van der Waals surface area contributed by atoms with Crippen LogP contribution in [0.15, 0.2) is 30.3 Å². The van der Waals surface area contributed by atoms with E-state index in [1.165, 1.54) is 11.1 Å². The van der Waals surface area contributed by atoms with Crippen molar-refractivity contribution in [3.05, 3.63) is 41.5 Å². The van der Waals surface area contributed by atoms with E-state index in [4.69, 9.17) is 0 Å². The summed E-state index contributed by atoms with van der Waals surface area (Å²) in [7, 11) is 2.88. The molecule has 0 aromatic heterocycles. The average molecular weight is 162 g/mol. The van der Waals surface area contributed by atoms with Crippen molar-refractivity contribution in [1.82, 2.24) is 0 Å². The molecule has 2 unspecified atom stereocenters. The second-order valence-corrected chi connectivity index (χ2v) is 3.68. The summed E-state index contributed by atoms with van der Waals surface area (Å²) in [6.07, 6.45) is 5.59. The van der Waals surface area contributed by atoms with Gasteiger partial charge in [-0.2, -0.15) is 0 Å². The van der Waals surface area contributed by atoms with Crippen LogP contribution in [0.25, 0.3) is 6.08 Å². The van der Waals surface area contributed by atoms with Gasteiger partial charge in [0.05, 0.1) is 0 Å². The number of benzene rings is 1. The highest BCUT2D eigenvalue weighted by atomic mass is 31.0. The van der Waals surface area contributed by atoms with E-state index < -0.39 is 0 Å². The van der Waals surface area contributed by atoms with Gasteiger partial charge >= 0.3 is 0 Å². The molecule has 0 spiro atoms. The van der Waals surface area contributed by atoms with E-state index >= 15 is 0 Å². The first-order valence-corrected chi connectivity index (χ1v) is 4.55. The molecule has 2 rings (SSSR count). The highest BCUT2D eigenvalue weighted by molar-refractivity contribution is 7.17. The lowest BCUT2D eigenvalue weighted by Gasteiger charge is -2.16. The van der Waals surface area contributed by atoms with Gasteiger partial charge in [0.2, 0.25) is 0 Å². The van der Waals surface area contributed by atoms with Crippen LogP contribution in [0.1, 0.15) is 23.2 Å². The van der Waals surface area contributed by atoms with Crippen molar-refractivity contribution in [1.29, 1.82) is 0 Å². The zero-order valence-electron chi connectivity index (χ0n) is 6.33. The Balaban J connectivity index is 2.54. The quantitative estimate of drug-likeness (QED) is 0.514. The Morgan fingerprint density at radius 2 is 2.09 bits per heavy atom. The van der Waals surface area contributed by atoms with Crippen LogP contribution in [0.4, 0.5) is 0 Å². The first-order chi connectivity index (χ1) is 5.38. The van der Waals surface area contributed by atoms with Crippen molar-refractivity contribution in [3.8, 4) is 0 Å². The highest BCUT2D eigenvalue weighted by Gasteiger charge is 2.10. The summed E-state index contributed by atoms with van der Waals surface area (Å²) in [5, 5.41) is 0. The number of rotatable bonds is 0. The van der Waals surface area contributed by atoms with Gasteiger partial charge in [-0.05, 0) is 17.5 Å². The summed E-state index contributed by atoms with van der Waals surface area (Å²) in [6.45, 7) is 0. The average Bonchev–Trinajstić information content (AvgIpc) is 2.06. The van der Waals surface area contributed by atoms with Gasteiger partial charge in [-0.3, -0.25) is 0 Å². The van der Waals surface area contributed by atoms with E-state index in [1.54, 1.807) is 0 Å². The molecular weight excluding hydrogens is 151 g/mol. The van der Waals surface area contributed by atoms with Crippen molar-refractivity contribution in [2.24, 2.45) is 0 Å². The van der Waals surface area contributed by atoms with Gasteiger partial charge in [-0.15, -0.1) is 9.24 Å². The summed E-state index contributed by atoms with van der Waals surface area (Å²) in [4.78, 5) is 0. The lowest BCUT2D eigenvalue weighted by atomic mass is 9.97. The van der Waals surface area contributed by atoms with Crippen LogP contribution >= 0.6 is 9.24 Å². The molecule has 0 radical (unpaired) electrons. The molecule has 0 heterocycles. The molecule has 56 valence electrons. The van der Waals surface area contributed by atoms with Crippen molar-refractivity contribution < 1.29 is 0 Å². The summed E-state index contributed by atoms with van der Waals surface area (Å²) < 4.78 is 0. The molecule has 1 heteroatoms. The van der Waals surface area contributed by atoms with Crippen LogP contribution in [0.2, 0.25) is 0 Å². The van der Waals surface area contributed by atoms with Crippen molar-refractivity contribution in [2.75, 3.05) is 0 Å². The van der Waals surface area contributed by atoms with Gasteiger partial charge in [-0.25, -0.2) is 0 Å². The van der Waals surface area contributed by atoms with Gasteiger partial charge in [0, 0.05) is 5.66 Å². The molecule has 1 aliphatic rings. The number of hydrogen-bond acceptors (Lipinski definition) is 0. The van der Waals surface area contributed by atoms with Crippen LogP contribution in [0.3, 0.4) is 0 Å². The second-order valence-electron chi connectivity index (χ2n) is 2.87. The number of fused-ring (bicyclic) bond motifs is 1. The smallest absolute Gasteiger partial charge is 0.00258 e. The van der Waals surface area contributed by atoms with E-state index in [-0.39, 0.29) is 0 Å². The summed E-state index contributed by atoms with van der Waals surface area (Å²) in [5.74, 6) is 0. The van der Waals surface area contributed by atoms with Crippen molar-refractivity contribution >= 4 is 15.3 Å². The maximum absolute atomic E-state index is 2.88. The molecular formula is C10H11P. The molecule has 0 nitrogen and oxygen atoms in total. The number of allylic oxidation sites excluding steroid dienone is 1. The van der Waals surface area contributed by atoms with Crippen LogP contribution in [0, 0.1) is 0 Å². The van der Waals surface area contributed by atoms with E-state index in [0.717, 1.165) is 6.42 Å². The molecule has 1 aliphatic carbocycles. The Bertz CT molecular complexity index is 289.